The normalized spacial score (nSPS) is 16.9. The van der Waals surface area contributed by atoms with Crippen molar-refractivity contribution >= 4 is 27.7 Å². The van der Waals surface area contributed by atoms with Gasteiger partial charge in [-0.15, -0.1) is 11.8 Å². The third-order valence-corrected chi connectivity index (χ3v) is 5.06. The van der Waals surface area contributed by atoms with Crippen molar-refractivity contribution in [3.63, 3.8) is 0 Å². The minimum Gasteiger partial charge on any atom is -0.316 e. The highest BCUT2D eigenvalue weighted by atomic mass is 79.9. The van der Waals surface area contributed by atoms with Crippen LogP contribution in [0.3, 0.4) is 0 Å². The molecule has 0 saturated heterocycles. The molecule has 18 heavy (non-hydrogen) atoms. The first-order valence-electron chi connectivity index (χ1n) is 6.94. The van der Waals surface area contributed by atoms with Crippen LogP contribution in [0.25, 0.3) is 0 Å². The smallest absolute Gasteiger partial charge is 0.0176 e. The molecule has 3 heteroatoms. The lowest BCUT2D eigenvalue weighted by Gasteiger charge is -2.21. The van der Waals surface area contributed by atoms with E-state index in [-0.39, 0.29) is 0 Å². The second kappa shape index (κ2) is 8.23. The average molecular weight is 328 g/mol. The Morgan fingerprint density at radius 3 is 2.56 bits per heavy atom. The number of benzene rings is 1. The molecule has 100 valence electrons. The molecule has 1 fully saturated rings. The van der Waals surface area contributed by atoms with E-state index >= 15 is 0 Å². The van der Waals surface area contributed by atoms with E-state index in [2.05, 4.69) is 45.5 Å². The van der Waals surface area contributed by atoms with Gasteiger partial charge >= 0.3 is 0 Å². The van der Waals surface area contributed by atoms with E-state index in [1.54, 1.807) is 0 Å². The fourth-order valence-electron chi connectivity index (χ4n) is 2.47. The van der Waals surface area contributed by atoms with Crippen molar-refractivity contribution in [1.29, 1.82) is 0 Å². The highest BCUT2D eigenvalue weighted by Crippen LogP contribution is 2.23. The molecule has 0 heterocycles. The Morgan fingerprint density at radius 1 is 1.11 bits per heavy atom. The lowest BCUT2D eigenvalue weighted by Crippen LogP contribution is -2.26. The summed E-state index contributed by atoms with van der Waals surface area (Å²) in [7, 11) is 0. The minimum atomic E-state index is 0.941. The van der Waals surface area contributed by atoms with Crippen molar-refractivity contribution < 1.29 is 0 Å². The topological polar surface area (TPSA) is 12.0 Å². The Hall–Kier alpha value is 0.01000. The summed E-state index contributed by atoms with van der Waals surface area (Å²) in [6, 6.07) is 8.57. The zero-order valence-corrected chi connectivity index (χ0v) is 13.2. The van der Waals surface area contributed by atoms with E-state index in [4.69, 9.17) is 0 Å². The Bertz CT molecular complexity index is 333. The lowest BCUT2D eigenvalue weighted by atomic mass is 9.89. The van der Waals surface area contributed by atoms with Gasteiger partial charge < -0.3 is 5.32 Å². The van der Waals surface area contributed by atoms with Crippen LogP contribution in [0.1, 0.15) is 32.1 Å². The van der Waals surface area contributed by atoms with Crippen LogP contribution >= 0.6 is 27.7 Å². The first kappa shape index (κ1) is 14.4. The number of nitrogens with one attached hydrogen (secondary N) is 1. The Morgan fingerprint density at radius 2 is 1.83 bits per heavy atom. The fraction of sp³-hybridized carbons (Fsp3) is 0.600. The standard InChI is InChI=1S/C15H22BrNS/c16-14-6-8-15(9-7-14)18-11-10-17-12-13-4-2-1-3-5-13/h6-9,13,17H,1-5,10-12H2. The molecule has 0 amide bonds. The second-order valence-corrected chi connectivity index (χ2v) is 7.09. The van der Waals surface area contributed by atoms with Crippen molar-refractivity contribution in [2.24, 2.45) is 5.92 Å². The van der Waals surface area contributed by atoms with Gasteiger partial charge in [-0.3, -0.25) is 0 Å². The summed E-state index contributed by atoms with van der Waals surface area (Å²) in [5.41, 5.74) is 0. The van der Waals surface area contributed by atoms with Gasteiger partial charge in [0.2, 0.25) is 0 Å². The van der Waals surface area contributed by atoms with Crippen molar-refractivity contribution in [2.45, 2.75) is 37.0 Å². The molecule has 1 nitrogen and oxygen atoms in total. The summed E-state index contributed by atoms with van der Waals surface area (Å²) in [6.07, 6.45) is 7.22. The highest BCUT2D eigenvalue weighted by molar-refractivity contribution is 9.10. The molecule has 0 aromatic heterocycles. The zero-order chi connectivity index (χ0) is 12.6. The minimum absolute atomic E-state index is 0.941. The van der Waals surface area contributed by atoms with Gasteiger partial charge in [0.1, 0.15) is 0 Å². The third-order valence-electron chi connectivity index (χ3n) is 3.52. The fourth-order valence-corrected chi connectivity index (χ4v) is 3.54. The predicted molar refractivity (Wildman–Crippen MR) is 84.3 cm³/mol. The van der Waals surface area contributed by atoms with E-state index < -0.39 is 0 Å². The number of hydrogen-bond acceptors (Lipinski definition) is 2. The maximum atomic E-state index is 3.61. The second-order valence-electron chi connectivity index (χ2n) is 5.01. The molecule has 1 aromatic carbocycles. The van der Waals surface area contributed by atoms with Gasteiger partial charge in [0.25, 0.3) is 0 Å². The van der Waals surface area contributed by atoms with Crippen LogP contribution < -0.4 is 5.32 Å². The van der Waals surface area contributed by atoms with Crippen LogP contribution in [-0.2, 0) is 0 Å². The molecular formula is C15H22BrNS. The molecule has 1 aliphatic rings. The Labute approximate surface area is 123 Å². The summed E-state index contributed by atoms with van der Waals surface area (Å²) in [4.78, 5) is 1.36. The number of hydrogen-bond donors (Lipinski definition) is 1. The van der Waals surface area contributed by atoms with Crippen molar-refractivity contribution in [1.82, 2.24) is 5.32 Å². The SMILES string of the molecule is Brc1ccc(SCCNCC2CCCCC2)cc1. The maximum Gasteiger partial charge on any atom is 0.0176 e. The average Bonchev–Trinajstić information content (AvgIpc) is 2.42. The summed E-state index contributed by atoms with van der Waals surface area (Å²) in [5, 5.41) is 3.61. The molecule has 0 atom stereocenters. The molecule has 1 N–H and O–H groups in total. The van der Waals surface area contributed by atoms with Gasteiger partial charge in [0.15, 0.2) is 0 Å². The van der Waals surface area contributed by atoms with Crippen molar-refractivity contribution in [2.75, 3.05) is 18.8 Å². The number of thioether (sulfide) groups is 1. The van der Waals surface area contributed by atoms with E-state index in [9.17, 15) is 0 Å². The number of rotatable bonds is 6. The molecular weight excluding hydrogens is 306 g/mol. The maximum absolute atomic E-state index is 3.61. The molecule has 0 spiro atoms. The molecule has 2 rings (SSSR count). The molecule has 0 unspecified atom stereocenters. The third kappa shape index (κ3) is 5.33. The van der Waals surface area contributed by atoms with Crippen LogP contribution in [0, 0.1) is 5.92 Å². The van der Waals surface area contributed by atoms with E-state index in [0.717, 1.165) is 22.7 Å². The predicted octanol–water partition coefficient (Wildman–Crippen LogP) is 4.71. The quantitative estimate of drug-likeness (QED) is 0.599. The van der Waals surface area contributed by atoms with Gasteiger partial charge in [-0.05, 0) is 49.6 Å². The lowest BCUT2D eigenvalue weighted by molar-refractivity contribution is 0.345. The van der Waals surface area contributed by atoms with Crippen molar-refractivity contribution in [3.05, 3.63) is 28.7 Å². The summed E-state index contributed by atoms with van der Waals surface area (Å²) in [5.74, 6) is 2.10. The molecule has 1 saturated carbocycles. The summed E-state index contributed by atoms with van der Waals surface area (Å²) in [6.45, 7) is 2.35. The Balaban J connectivity index is 1.54. The largest absolute Gasteiger partial charge is 0.316 e. The van der Waals surface area contributed by atoms with Gasteiger partial charge in [-0.25, -0.2) is 0 Å². The van der Waals surface area contributed by atoms with Gasteiger partial charge in [0.05, 0.1) is 0 Å². The van der Waals surface area contributed by atoms with E-state index in [1.165, 1.54) is 43.5 Å². The molecule has 0 aliphatic heterocycles. The summed E-state index contributed by atoms with van der Waals surface area (Å²) >= 11 is 5.39. The van der Waals surface area contributed by atoms with Crippen molar-refractivity contribution in [3.8, 4) is 0 Å². The summed E-state index contributed by atoms with van der Waals surface area (Å²) < 4.78 is 1.15. The van der Waals surface area contributed by atoms with Crippen LogP contribution in [0.4, 0.5) is 0 Å². The van der Waals surface area contributed by atoms with E-state index in [0.29, 0.717) is 0 Å². The van der Waals surface area contributed by atoms with E-state index in [1.807, 2.05) is 11.8 Å². The first-order valence-corrected chi connectivity index (χ1v) is 8.71. The molecule has 0 bridgehead atoms. The molecule has 1 aliphatic carbocycles. The van der Waals surface area contributed by atoms with Gasteiger partial charge in [-0.1, -0.05) is 35.2 Å². The van der Waals surface area contributed by atoms with Crippen LogP contribution in [0.15, 0.2) is 33.6 Å². The van der Waals surface area contributed by atoms with Crippen LogP contribution in [0.5, 0.6) is 0 Å². The first-order chi connectivity index (χ1) is 8.84. The molecule has 1 aromatic rings. The monoisotopic (exact) mass is 327 g/mol. The van der Waals surface area contributed by atoms with Gasteiger partial charge in [-0.2, -0.15) is 0 Å². The Kier molecular flexibility index (Phi) is 6.60. The molecule has 0 radical (unpaired) electrons. The highest BCUT2D eigenvalue weighted by Gasteiger charge is 2.12. The van der Waals surface area contributed by atoms with Gasteiger partial charge in [0, 0.05) is 21.7 Å². The van der Waals surface area contributed by atoms with Crippen LogP contribution in [-0.4, -0.2) is 18.8 Å². The zero-order valence-electron chi connectivity index (χ0n) is 10.8. The van der Waals surface area contributed by atoms with Crippen LogP contribution in [0.2, 0.25) is 0 Å². The number of halogens is 1.